The fourth-order valence-corrected chi connectivity index (χ4v) is 4.09. The van der Waals surface area contributed by atoms with Gasteiger partial charge in [-0.1, -0.05) is 0 Å². The molecule has 0 bridgehead atoms. The van der Waals surface area contributed by atoms with E-state index in [1.54, 1.807) is 12.3 Å². The molecule has 17 heavy (non-hydrogen) atoms. The predicted octanol–water partition coefficient (Wildman–Crippen LogP) is 2.24. The van der Waals surface area contributed by atoms with Crippen LogP contribution in [0.25, 0.3) is 0 Å². The number of aromatic nitrogens is 1. The average Bonchev–Trinajstić information content (AvgIpc) is 3.09. The lowest BCUT2D eigenvalue weighted by Gasteiger charge is -2.20. The maximum atomic E-state index is 12.4. The summed E-state index contributed by atoms with van der Waals surface area (Å²) >= 11 is 8.89. The van der Waals surface area contributed by atoms with Crippen LogP contribution >= 0.6 is 27.5 Å². The molecule has 0 spiro atoms. The molecule has 0 aliphatic heterocycles. The first-order chi connectivity index (χ1) is 8.05. The Balaban J connectivity index is 2.33. The molecule has 1 heterocycles. The number of hydrogen-bond acceptors (Lipinski definition) is 3. The minimum Gasteiger partial charge on any atom is -0.262 e. The summed E-state index contributed by atoms with van der Waals surface area (Å²) in [5, 5.41) is 0. The van der Waals surface area contributed by atoms with Crippen molar-refractivity contribution in [1.82, 2.24) is 9.29 Å². The fraction of sp³-hybridized carbons (Fsp3) is 0.500. The van der Waals surface area contributed by atoms with E-state index in [-0.39, 0.29) is 10.9 Å². The standard InChI is InChI=1S/C10H12BrClN2O2S/c11-8-5-10(7-13-6-8)17(15,16)14(4-3-12)9-1-2-9/h5-7,9H,1-4H2. The van der Waals surface area contributed by atoms with Gasteiger partial charge in [0.05, 0.1) is 0 Å². The second-order valence-corrected chi connectivity index (χ2v) is 7.06. The molecule has 94 valence electrons. The van der Waals surface area contributed by atoms with Gasteiger partial charge in [-0.2, -0.15) is 4.31 Å². The van der Waals surface area contributed by atoms with Crippen LogP contribution in [0.5, 0.6) is 0 Å². The van der Waals surface area contributed by atoms with E-state index in [9.17, 15) is 8.42 Å². The van der Waals surface area contributed by atoms with Gasteiger partial charge >= 0.3 is 0 Å². The van der Waals surface area contributed by atoms with Crippen LogP contribution in [0.15, 0.2) is 27.8 Å². The molecule has 7 heteroatoms. The van der Waals surface area contributed by atoms with E-state index in [1.165, 1.54) is 10.5 Å². The Kier molecular flexibility index (Phi) is 4.07. The molecular weight excluding hydrogens is 328 g/mol. The number of rotatable bonds is 5. The van der Waals surface area contributed by atoms with Crippen molar-refractivity contribution in [2.24, 2.45) is 0 Å². The minimum absolute atomic E-state index is 0.109. The van der Waals surface area contributed by atoms with Crippen molar-refractivity contribution in [3.8, 4) is 0 Å². The average molecular weight is 340 g/mol. The van der Waals surface area contributed by atoms with Crippen LogP contribution in [-0.2, 0) is 10.0 Å². The summed E-state index contributed by atoms with van der Waals surface area (Å²) in [5.74, 6) is 0.303. The Morgan fingerprint density at radius 1 is 1.47 bits per heavy atom. The van der Waals surface area contributed by atoms with Crippen LogP contribution in [0.4, 0.5) is 0 Å². The topological polar surface area (TPSA) is 50.3 Å². The van der Waals surface area contributed by atoms with Crippen molar-refractivity contribution < 1.29 is 8.42 Å². The summed E-state index contributed by atoms with van der Waals surface area (Å²) in [6.07, 6.45) is 4.75. The molecule has 1 aromatic rings. The SMILES string of the molecule is O=S(=O)(c1cncc(Br)c1)N(CCCl)C1CC1. The number of alkyl halides is 1. The van der Waals surface area contributed by atoms with Crippen LogP contribution in [0.2, 0.25) is 0 Å². The lowest BCUT2D eigenvalue weighted by atomic mass is 10.5. The van der Waals surface area contributed by atoms with Gasteiger partial charge in [0.1, 0.15) is 4.90 Å². The predicted molar refractivity (Wildman–Crippen MR) is 69.6 cm³/mol. The smallest absolute Gasteiger partial charge is 0.244 e. The van der Waals surface area contributed by atoms with E-state index in [0.29, 0.717) is 16.9 Å². The number of hydrogen-bond donors (Lipinski definition) is 0. The molecule has 0 saturated heterocycles. The van der Waals surface area contributed by atoms with Gasteiger partial charge in [-0.25, -0.2) is 8.42 Å². The molecule has 0 unspecified atom stereocenters. The quantitative estimate of drug-likeness (QED) is 0.773. The highest BCUT2D eigenvalue weighted by Gasteiger charge is 2.37. The van der Waals surface area contributed by atoms with Gasteiger partial charge in [-0.15, -0.1) is 11.6 Å². The van der Waals surface area contributed by atoms with Gasteiger partial charge in [-0.3, -0.25) is 4.98 Å². The lowest BCUT2D eigenvalue weighted by molar-refractivity contribution is 0.422. The van der Waals surface area contributed by atoms with Gasteiger partial charge in [0.25, 0.3) is 0 Å². The second kappa shape index (κ2) is 5.22. The molecule has 1 aliphatic carbocycles. The van der Waals surface area contributed by atoms with Crippen LogP contribution < -0.4 is 0 Å². The first-order valence-corrected chi connectivity index (χ1v) is 8.01. The highest BCUT2D eigenvalue weighted by molar-refractivity contribution is 9.10. The third-order valence-electron chi connectivity index (χ3n) is 2.55. The zero-order valence-corrected chi connectivity index (χ0v) is 12.2. The molecule has 1 aliphatic rings. The van der Waals surface area contributed by atoms with Crippen molar-refractivity contribution in [3.63, 3.8) is 0 Å². The van der Waals surface area contributed by atoms with Crippen molar-refractivity contribution in [2.75, 3.05) is 12.4 Å². The third kappa shape index (κ3) is 2.99. The van der Waals surface area contributed by atoms with Crippen molar-refractivity contribution >= 4 is 37.6 Å². The van der Waals surface area contributed by atoms with Crippen LogP contribution in [0.1, 0.15) is 12.8 Å². The Morgan fingerprint density at radius 2 is 2.18 bits per heavy atom. The molecule has 1 saturated carbocycles. The van der Waals surface area contributed by atoms with Crippen molar-refractivity contribution in [3.05, 3.63) is 22.9 Å². The van der Waals surface area contributed by atoms with Crippen molar-refractivity contribution in [2.45, 2.75) is 23.8 Å². The molecule has 1 fully saturated rings. The van der Waals surface area contributed by atoms with E-state index in [2.05, 4.69) is 20.9 Å². The van der Waals surface area contributed by atoms with Gasteiger partial charge in [0, 0.05) is 35.3 Å². The molecule has 2 rings (SSSR count). The van der Waals surface area contributed by atoms with Gasteiger partial charge < -0.3 is 0 Å². The van der Waals surface area contributed by atoms with Crippen LogP contribution in [0.3, 0.4) is 0 Å². The lowest BCUT2D eigenvalue weighted by Crippen LogP contribution is -2.34. The molecule has 0 atom stereocenters. The number of sulfonamides is 1. The van der Waals surface area contributed by atoms with E-state index >= 15 is 0 Å². The normalized spacial score (nSPS) is 16.4. The second-order valence-electron chi connectivity index (χ2n) is 3.87. The van der Waals surface area contributed by atoms with Crippen LogP contribution in [0, 0.1) is 0 Å². The summed E-state index contributed by atoms with van der Waals surface area (Å²) in [6, 6.07) is 1.67. The van der Waals surface area contributed by atoms with E-state index in [0.717, 1.165) is 12.8 Å². The summed E-state index contributed by atoms with van der Waals surface area (Å²) < 4.78 is 26.9. The van der Waals surface area contributed by atoms with E-state index in [1.807, 2.05) is 0 Å². The monoisotopic (exact) mass is 338 g/mol. The number of nitrogens with zero attached hydrogens (tertiary/aromatic N) is 2. The first kappa shape index (κ1) is 13.3. The molecule has 0 aromatic carbocycles. The molecule has 1 aromatic heterocycles. The summed E-state index contributed by atoms with van der Waals surface area (Å²) in [5.41, 5.74) is 0. The van der Waals surface area contributed by atoms with Gasteiger partial charge in [-0.05, 0) is 34.8 Å². The number of halogens is 2. The van der Waals surface area contributed by atoms with E-state index < -0.39 is 10.0 Å². The third-order valence-corrected chi connectivity index (χ3v) is 5.07. The highest BCUT2D eigenvalue weighted by Crippen LogP contribution is 2.32. The molecule has 4 nitrogen and oxygen atoms in total. The number of pyridine rings is 1. The molecule has 0 amide bonds. The summed E-state index contributed by atoms with van der Waals surface area (Å²) in [4.78, 5) is 4.10. The Morgan fingerprint density at radius 3 is 2.71 bits per heavy atom. The van der Waals surface area contributed by atoms with Gasteiger partial charge in [0.2, 0.25) is 10.0 Å². The largest absolute Gasteiger partial charge is 0.262 e. The maximum Gasteiger partial charge on any atom is 0.244 e. The van der Waals surface area contributed by atoms with E-state index in [4.69, 9.17) is 11.6 Å². The Hall–Kier alpha value is -0.170. The maximum absolute atomic E-state index is 12.4. The fourth-order valence-electron chi connectivity index (χ4n) is 1.61. The molecule has 0 N–H and O–H groups in total. The highest BCUT2D eigenvalue weighted by atomic mass is 79.9. The Labute approximate surface area is 114 Å². The first-order valence-electron chi connectivity index (χ1n) is 5.24. The minimum atomic E-state index is -3.47. The zero-order valence-electron chi connectivity index (χ0n) is 9.01. The Bertz CT molecular complexity index is 505. The molecule has 0 radical (unpaired) electrons. The van der Waals surface area contributed by atoms with Crippen molar-refractivity contribution in [1.29, 1.82) is 0 Å². The van der Waals surface area contributed by atoms with Gasteiger partial charge in [0.15, 0.2) is 0 Å². The molecular formula is C10H12BrClN2O2S. The summed E-state index contributed by atoms with van der Waals surface area (Å²) in [7, 11) is -3.47. The summed E-state index contributed by atoms with van der Waals surface area (Å²) in [6.45, 7) is 0.348. The van der Waals surface area contributed by atoms with Crippen LogP contribution in [-0.4, -0.2) is 36.2 Å². The zero-order chi connectivity index (χ0) is 12.5.